The number of β-lactam (4-membered cyclic amide) rings is 1. The van der Waals surface area contributed by atoms with Crippen LogP contribution in [0, 0.1) is 0 Å². The third kappa shape index (κ3) is 4.24. The Labute approximate surface area is 198 Å². The van der Waals surface area contributed by atoms with E-state index in [2.05, 4.69) is 33.1 Å². The van der Waals surface area contributed by atoms with Gasteiger partial charge in [0.15, 0.2) is 10.8 Å². The minimum absolute atomic E-state index is 0.140. The summed E-state index contributed by atoms with van der Waals surface area (Å²) >= 11 is 7.77. The molecule has 2 atom stereocenters. The topological polar surface area (TPSA) is 140 Å². The molecule has 4 heterocycles. The monoisotopic (exact) mass is 514 g/mol. The minimum atomic E-state index is -0.907. The summed E-state index contributed by atoms with van der Waals surface area (Å²) in [6, 6.07) is -0.907. The molecule has 0 aromatic carbocycles. The number of carbonyl (C=O) groups excluding carboxylic acids is 3. The maximum Gasteiger partial charge on any atom is 0.276 e. The molecule has 0 spiro atoms. The van der Waals surface area contributed by atoms with Crippen molar-refractivity contribution in [2.24, 2.45) is 5.16 Å². The van der Waals surface area contributed by atoms with Gasteiger partial charge in [0.05, 0.1) is 0 Å². The average Bonchev–Trinajstić information content (AvgIpc) is 3.45. The molecular formula is C17H15FN6O4S4. The molecule has 0 radical (unpaired) electrons. The maximum atomic E-state index is 12.9. The predicted octanol–water partition coefficient (Wildman–Crippen LogP) is 1.14. The van der Waals surface area contributed by atoms with Gasteiger partial charge in [0.2, 0.25) is 5.12 Å². The van der Waals surface area contributed by atoms with Crippen LogP contribution in [-0.4, -0.2) is 68.0 Å². The molecule has 2 aliphatic rings. The lowest BCUT2D eigenvalue weighted by Crippen LogP contribution is -2.70. The van der Waals surface area contributed by atoms with Crippen LogP contribution in [0.15, 0.2) is 27.8 Å². The van der Waals surface area contributed by atoms with Gasteiger partial charge in [-0.15, -0.1) is 34.4 Å². The molecule has 1 fully saturated rings. The number of thiazole rings is 2. The van der Waals surface area contributed by atoms with Crippen LogP contribution >= 0.6 is 47.1 Å². The third-order valence-corrected chi connectivity index (χ3v) is 7.45. The zero-order chi connectivity index (χ0) is 22.8. The van der Waals surface area contributed by atoms with Gasteiger partial charge in [0.1, 0.15) is 41.1 Å². The third-order valence-electron chi connectivity index (χ3n) is 4.45. The molecule has 10 nitrogen and oxygen atoms in total. The van der Waals surface area contributed by atoms with E-state index in [1.54, 1.807) is 11.6 Å². The number of thiol groups is 1. The van der Waals surface area contributed by atoms with E-state index in [0.717, 1.165) is 11.3 Å². The van der Waals surface area contributed by atoms with E-state index in [-0.39, 0.29) is 28.8 Å². The maximum absolute atomic E-state index is 12.9. The van der Waals surface area contributed by atoms with Crippen molar-refractivity contribution in [3.8, 4) is 0 Å². The number of thioether (sulfide) groups is 1. The van der Waals surface area contributed by atoms with Gasteiger partial charge in [-0.2, -0.15) is 0 Å². The highest BCUT2D eigenvalue weighted by atomic mass is 32.2. The van der Waals surface area contributed by atoms with Crippen LogP contribution in [0.3, 0.4) is 0 Å². The number of anilines is 1. The predicted molar refractivity (Wildman–Crippen MR) is 123 cm³/mol. The number of nitrogens with two attached hydrogens (primary N) is 1. The Morgan fingerprint density at radius 1 is 1.44 bits per heavy atom. The summed E-state index contributed by atoms with van der Waals surface area (Å²) in [4.78, 5) is 52.3. The molecule has 2 aromatic rings. The molecule has 2 amide bonds. The number of carbonyl (C=O) groups is 3. The van der Waals surface area contributed by atoms with Gasteiger partial charge in [-0.05, 0) is 0 Å². The van der Waals surface area contributed by atoms with Crippen molar-refractivity contribution < 1.29 is 23.6 Å². The number of hydrogen-bond acceptors (Lipinski definition) is 11. The Kier molecular flexibility index (Phi) is 6.78. The van der Waals surface area contributed by atoms with E-state index in [1.165, 1.54) is 33.4 Å². The van der Waals surface area contributed by atoms with E-state index in [4.69, 9.17) is 10.6 Å². The van der Waals surface area contributed by atoms with Gasteiger partial charge in [0.25, 0.3) is 11.8 Å². The van der Waals surface area contributed by atoms with Gasteiger partial charge >= 0.3 is 0 Å². The SMILES string of the molecule is Nc1nc(/C(=N/OCCF)C(=O)N[C@@H]2C(=O)N3C(C(=O)S)=C(c4nccs4)CS[C@H]23)cs1. The van der Waals surface area contributed by atoms with Crippen LogP contribution in [-0.2, 0) is 19.2 Å². The number of hydrogen-bond donors (Lipinski definition) is 3. The van der Waals surface area contributed by atoms with E-state index in [9.17, 15) is 18.8 Å². The second-order valence-electron chi connectivity index (χ2n) is 6.36. The fraction of sp³-hybridized carbons (Fsp3) is 0.294. The number of alkyl halides is 1. The second kappa shape index (κ2) is 9.56. The molecule has 0 bridgehead atoms. The van der Waals surface area contributed by atoms with E-state index in [0.29, 0.717) is 16.3 Å². The first-order valence-corrected chi connectivity index (χ1v) is 12.3. The van der Waals surface area contributed by atoms with Crippen LogP contribution in [0.25, 0.3) is 5.57 Å². The molecule has 32 heavy (non-hydrogen) atoms. The number of nitrogens with one attached hydrogen (secondary N) is 1. The molecule has 3 N–H and O–H groups in total. The van der Waals surface area contributed by atoms with Crippen LogP contribution in [0.1, 0.15) is 10.7 Å². The lowest BCUT2D eigenvalue weighted by molar-refractivity contribution is -0.145. The first kappa shape index (κ1) is 22.7. The second-order valence-corrected chi connectivity index (χ2v) is 9.66. The van der Waals surface area contributed by atoms with Gasteiger partial charge in [-0.3, -0.25) is 19.3 Å². The zero-order valence-electron chi connectivity index (χ0n) is 16.1. The Morgan fingerprint density at radius 3 is 2.88 bits per heavy atom. The van der Waals surface area contributed by atoms with Crippen molar-refractivity contribution in [1.82, 2.24) is 20.2 Å². The number of amides is 2. The van der Waals surface area contributed by atoms with Crippen molar-refractivity contribution in [3.63, 3.8) is 0 Å². The Hall–Kier alpha value is -2.49. The van der Waals surface area contributed by atoms with Crippen LogP contribution in [0.2, 0.25) is 0 Å². The number of nitrogen functional groups attached to an aromatic ring is 1. The molecular weight excluding hydrogens is 499 g/mol. The van der Waals surface area contributed by atoms with Crippen molar-refractivity contribution in [3.05, 3.63) is 33.4 Å². The Balaban J connectivity index is 1.55. The zero-order valence-corrected chi connectivity index (χ0v) is 19.4. The van der Waals surface area contributed by atoms with Crippen molar-refractivity contribution in [2.45, 2.75) is 11.4 Å². The number of halogens is 1. The lowest BCUT2D eigenvalue weighted by atomic mass is 10.0. The molecule has 1 saturated heterocycles. The summed E-state index contributed by atoms with van der Waals surface area (Å²) in [5.41, 5.74) is 6.32. The fourth-order valence-electron chi connectivity index (χ4n) is 3.11. The normalized spacial score (nSPS) is 20.6. The smallest absolute Gasteiger partial charge is 0.276 e. The first-order chi connectivity index (χ1) is 15.4. The van der Waals surface area contributed by atoms with Crippen molar-refractivity contribution in [2.75, 3.05) is 24.8 Å². The molecule has 168 valence electrons. The van der Waals surface area contributed by atoms with Gasteiger partial charge in [-0.1, -0.05) is 17.8 Å². The average molecular weight is 515 g/mol. The van der Waals surface area contributed by atoms with Crippen LogP contribution in [0.4, 0.5) is 9.52 Å². The highest BCUT2D eigenvalue weighted by molar-refractivity contribution is 8.00. The molecule has 15 heteroatoms. The molecule has 2 aromatic heterocycles. The standard InChI is InChI=1S/C17H15FN6O4S4/c18-1-3-28-23-9(8-6-32-17(19)21-8)12(25)22-10-14(26)24-11(16(27)29)7(5-31-15(10)24)13-20-2-4-30-13/h2,4,6,10,15H,1,3,5H2,(H2,19,21)(H,22,25)(H,27,29)/b23-9-/t10-,15-/m1/s1. The van der Waals surface area contributed by atoms with Crippen molar-refractivity contribution in [1.29, 1.82) is 0 Å². The van der Waals surface area contributed by atoms with Crippen LogP contribution < -0.4 is 11.1 Å². The van der Waals surface area contributed by atoms with E-state index < -0.39 is 35.0 Å². The van der Waals surface area contributed by atoms with E-state index in [1.807, 2.05) is 0 Å². The fourth-order valence-corrected chi connectivity index (χ4v) is 6.02. The molecule has 0 aliphatic carbocycles. The summed E-state index contributed by atoms with van der Waals surface area (Å²) < 4.78 is 12.4. The molecule has 0 unspecified atom stereocenters. The minimum Gasteiger partial charge on any atom is -0.392 e. The molecule has 4 rings (SSSR count). The Bertz CT molecular complexity index is 1120. The first-order valence-electron chi connectivity index (χ1n) is 9.01. The van der Waals surface area contributed by atoms with Crippen molar-refractivity contribution >= 4 is 80.4 Å². The largest absolute Gasteiger partial charge is 0.392 e. The number of oxime groups is 1. The number of nitrogens with zero attached hydrogens (tertiary/aromatic N) is 4. The molecule has 0 saturated carbocycles. The highest BCUT2D eigenvalue weighted by Gasteiger charge is 2.54. The van der Waals surface area contributed by atoms with Gasteiger partial charge in [-0.25, -0.2) is 14.4 Å². The quantitative estimate of drug-likeness (QED) is 0.157. The number of fused-ring (bicyclic) bond motifs is 1. The lowest BCUT2D eigenvalue weighted by Gasteiger charge is -2.49. The van der Waals surface area contributed by atoms with Gasteiger partial charge in [0, 0.05) is 28.3 Å². The summed E-state index contributed by atoms with van der Waals surface area (Å²) in [5.74, 6) is -0.788. The summed E-state index contributed by atoms with van der Waals surface area (Å²) in [6.45, 7) is -1.14. The molecule has 2 aliphatic heterocycles. The Morgan fingerprint density at radius 2 is 2.25 bits per heavy atom. The number of rotatable bonds is 8. The summed E-state index contributed by atoms with van der Waals surface area (Å²) in [6.07, 6.45) is 1.61. The summed E-state index contributed by atoms with van der Waals surface area (Å²) in [5, 5.41) is 9.32. The summed E-state index contributed by atoms with van der Waals surface area (Å²) in [7, 11) is 0. The van der Waals surface area contributed by atoms with Crippen LogP contribution in [0.5, 0.6) is 0 Å². The van der Waals surface area contributed by atoms with E-state index >= 15 is 0 Å². The highest BCUT2D eigenvalue weighted by Crippen LogP contribution is 2.44. The van der Waals surface area contributed by atoms with Gasteiger partial charge < -0.3 is 15.9 Å². The number of aromatic nitrogens is 2.